The molecule has 0 aliphatic carbocycles. The van der Waals surface area contributed by atoms with Crippen LogP contribution in [0.25, 0.3) is 0 Å². The molecular formula is C9H4BrClF3N. The van der Waals surface area contributed by atoms with Crippen molar-refractivity contribution in [1.82, 2.24) is 0 Å². The number of hydrogen-bond acceptors (Lipinski definition) is 1. The molecule has 80 valence electrons. The Morgan fingerprint density at radius 1 is 1.40 bits per heavy atom. The number of benzene rings is 1. The summed E-state index contributed by atoms with van der Waals surface area (Å²) < 4.78 is 37.3. The van der Waals surface area contributed by atoms with Crippen molar-refractivity contribution in [3.05, 3.63) is 33.8 Å². The van der Waals surface area contributed by atoms with E-state index >= 15 is 0 Å². The standard InChI is InChI=1S/C9H4BrClF3N/c10-3-5-1-7(9(12,13)14)8(11)2-6(5)4-15/h1-2H,3H2. The van der Waals surface area contributed by atoms with Crippen LogP contribution in [0.2, 0.25) is 5.02 Å². The fourth-order valence-corrected chi connectivity index (χ4v) is 1.78. The quantitative estimate of drug-likeness (QED) is 0.715. The first-order valence-corrected chi connectivity index (χ1v) is 5.25. The van der Waals surface area contributed by atoms with Gasteiger partial charge in [-0.3, -0.25) is 0 Å². The molecule has 0 aliphatic heterocycles. The lowest BCUT2D eigenvalue weighted by atomic mass is 10.1. The number of nitriles is 1. The summed E-state index contributed by atoms with van der Waals surface area (Å²) in [6, 6.07) is 3.70. The molecule has 6 heteroatoms. The molecule has 1 nitrogen and oxygen atoms in total. The van der Waals surface area contributed by atoms with E-state index in [1.807, 2.05) is 0 Å². The van der Waals surface area contributed by atoms with Gasteiger partial charge in [-0.05, 0) is 17.7 Å². The highest BCUT2D eigenvalue weighted by Crippen LogP contribution is 2.36. The number of nitrogens with zero attached hydrogens (tertiary/aromatic N) is 1. The second-order valence-corrected chi connectivity index (χ2v) is 3.70. The van der Waals surface area contributed by atoms with Gasteiger partial charge in [-0.15, -0.1) is 0 Å². The van der Waals surface area contributed by atoms with Crippen LogP contribution in [-0.2, 0) is 11.5 Å². The van der Waals surface area contributed by atoms with Crippen molar-refractivity contribution in [3.63, 3.8) is 0 Å². The number of hydrogen-bond donors (Lipinski definition) is 0. The molecule has 0 fully saturated rings. The van der Waals surface area contributed by atoms with E-state index in [2.05, 4.69) is 15.9 Å². The van der Waals surface area contributed by atoms with E-state index in [1.165, 1.54) is 0 Å². The van der Waals surface area contributed by atoms with E-state index in [9.17, 15) is 13.2 Å². The molecule has 0 saturated carbocycles. The summed E-state index contributed by atoms with van der Waals surface area (Å²) in [5, 5.41) is 8.38. The average molecular weight is 298 g/mol. The van der Waals surface area contributed by atoms with Gasteiger partial charge < -0.3 is 0 Å². The van der Waals surface area contributed by atoms with Gasteiger partial charge in [0.05, 0.1) is 22.2 Å². The molecule has 15 heavy (non-hydrogen) atoms. The van der Waals surface area contributed by atoms with Crippen LogP contribution in [-0.4, -0.2) is 0 Å². The van der Waals surface area contributed by atoms with Crippen LogP contribution in [0.4, 0.5) is 13.2 Å². The van der Waals surface area contributed by atoms with Crippen molar-refractivity contribution < 1.29 is 13.2 Å². The molecule has 0 unspecified atom stereocenters. The Balaban J connectivity index is 3.41. The van der Waals surface area contributed by atoms with Crippen LogP contribution < -0.4 is 0 Å². The third-order valence-electron chi connectivity index (χ3n) is 1.76. The van der Waals surface area contributed by atoms with Crippen molar-refractivity contribution in [3.8, 4) is 6.07 Å². The summed E-state index contributed by atoms with van der Waals surface area (Å²) in [5.74, 6) is 0. The first-order chi connectivity index (χ1) is 6.90. The van der Waals surface area contributed by atoms with E-state index in [4.69, 9.17) is 16.9 Å². The zero-order chi connectivity index (χ0) is 11.6. The van der Waals surface area contributed by atoms with Crippen LogP contribution in [0.5, 0.6) is 0 Å². The highest BCUT2D eigenvalue weighted by atomic mass is 79.9. The molecule has 0 spiro atoms. The Morgan fingerprint density at radius 2 is 2.00 bits per heavy atom. The lowest BCUT2D eigenvalue weighted by Crippen LogP contribution is -2.07. The number of rotatable bonds is 1. The largest absolute Gasteiger partial charge is 0.417 e. The Bertz CT molecular complexity index is 423. The van der Waals surface area contributed by atoms with Crippen LogP contribution in [0.3, 0.4) is 0 Å². The van der Waals surface area contributed by atoms with E-state index < -0.39 is 16.8 Å². The zero-order valence-corrected chi connectivity index (χ0v) is 9.54. The maximum absolute atomic E-state index is 12.4. The Hall–Kier alpha value is -0.730. The van der Waals surface area contributed by atoms with Gasteiger partial charge in [0.2, 0.25) is 0 Å². The van der Waals surface area contributed by atoms with Crippen molar-refractivity contribution >= 4 is 27.5 Å². The summed E-state index contributed by atoms with van der Waals surface area (Å²) in [5.41, 5.74) is -0.503. The van der Waals surface area contributed by atoms with Gasteiger partial charge in [0.15, 0.2) is 0 Å². The van der Waals surface area contributed by atoms with Gasteiger partial charge >= 0.3 is 6.18 Å². The highest BCUT2D eigenvalue weighted by molar-refractivity contribution is 9.08. The second kappa shape index (κ2) is 4.42. The minimum Gasteiger partial charge on any atom is -0.192 e. The van der Waals surface area contributed by atoms with Gasteiger partial charge in [-0.2, -0.15) is 18.4 Å². The van der Waals surface area contributed by atoms with Crippen LogP contribution in [0, 0.1) is 11.3 Å². The van der Waals surface area contributed by atoms with Gasteiger partial charge in [0, 0.05) is 5.33 Å². The smallest absolute Gasteiger partial charge is 0.192 e. The van der Waals surface area contributed by atoms with Crippen molar-refractivity contribution in [2.45, 2.75) is 11.5 Å². The molecule has 0 aliphatic rings. The van der Waals surface area contributed by atoms with E-state index in [-0.39, 0.29) is 16.5 Å². The molecule has 0 aromatic heterocycles. The molecule has 0 atom stereocenters. The molecule has 0 saturated heterocycles. The molecule has 0 radical (unpaired) electrons. The Labute approximate surface area is 97.6 Å². The Morgan fingerprint density at radius 3 is 2.40 bits per heavy atom. The summed E-state index contributed by atoms with van der Waals surface area (Å²) in [4.78, 5) is 0. The zero-order valence-electron chi connectivity index (χ0n) is 7.20. The van der Waals surface area contributed by atoms with Crippen molar-refractivity contribution in [2.24, 2.45) is 0 Å². The maximum Gasteiger partial charge on any atom is 0.417 e. The Kier molecular flexibility index (Phi) is 3.63. The molecule has 0 heterocycles. The van der Waals surface area contributed by atoms with Gasteiger partial charge in [-0.1, -0.05) is 27.5 Å². The molecule has 1 aromatic carbocycles. The van der Waals surface area contributed by atoms with E-state index in [0.29, 0.717) is 0 Å². The van der Waals surface area contributed by atoms with Crippen LogP contribution >= 0.6 is 27.5 Å². The van der Waals surface area contributed by atoms with Gasteiger partial charge in [-0.25, -0.2) is 0 Å². The molecule has 0 bridgehead atoms. The SMILES string of the molecule is N#Cc1cc(Cl)c(C(F)(F)F)cc1CBr. The van der Waals surface area contributed by atoms with E-state index in [1.54, 1.807) is 6.07 Å². The lowest BCUT2D eigenvalue weighted by Gasteiger charge is -2.11. The predicted octanol–water partition coefficient (Wildman–Crippen LogP) is 4.13. The molecule has 0 N–H and O–H groups in total. The van der Waals surface area contributed by atoms with Gasteiger partial charge in [0.1, 0.15) is 0 Å². The summed E-state index contributed by atoms with van der Waals surface area (Å²) >= 11 is 8.45. The monoisotopic (exact) mass is 297 g/mol. The maximum atomic E-state index is 12.4. The molecule has 1 aromatic rings. The lowest BCUT2D eigenvalue weighted by molar-refractivity contribution is -0.137. The van der Waals surface area contributed by atoms with E-state index in [0.717, 1.165) is 12.1 Å². The van der Waals surface area contributed by atoms with Gasteiger partial charge in [0.25, 0.3) is 0 Å². The predicted molar refractivity (Wildman–Crippen MR) is 53.8 cm³/mol. The second-order valence-electron chi connectivity index (χ2n) is 2.73. The number of alkyl halides is 4. The summed E-state index contributed by atoms with van der Waals surface area (Å²) in [6.07, 6.45) is -4.50. The third kappa shape index (κ3) is 2.64. The first kappa shape index (κ1) is 12.3. The highest BCUT2D eigenvalue weighted by Gasteiger charge is 2.33. The number of halogens is 5. The fourth-order valence-electron chi connectivity index (χ4n) is 1.05. The minimum absolute atomic E-state index is 0.143. The van der Waals surface area contributed by atoms with Crippen molar-refractivity contribution in [1.29, 1.82) is 5.26 Å². The topological polar surface area (TPSA) is 23.8 Å². The first-order valence-electron chi connectivity index (χ1n) is 3.76. The summed E-state index contributed by atoms with van der Waals surface area (Å²) in [7, 11) is 0. The average Bonchev–Trinajstić information content (AvgIpc) is 2.15. The minimum atomic E-state index is -4.50. The van der Waals surface area contributed by atoms with Crippen LogP contribution in [0.1, 0.15) is 16.7 Å². The van der Waals surface area contributed by atoms with Crippen LogP contribution in [0.15, 0.2) is 12.1 Å². The molecule has 1 rings (SSSR count). The van der Waals surface area contributed by atoms with Crippen molar-refractivity contribution in [2.75, 3.05) is 0 Å². The summed E-state index contributed by atoms with van der Waals surface area (Å²) in [6.45, 7) is 0. The third-order valence-corrected chi connectivity index (χ3v) is 2.68. The normalized spacial score (nSPS) is 11.2. The molecular weight excluding hydrogens is 294 g/mol. The molecule has 0 amide bonds. The fraction of sp³-hybridized carbons (Fsp3) is 0.222.